The third-order valence-corrected chi connectivity index (χ3v) is 4.06. The van der Waals surface area contributed by atoms with Gasteiger partial charge in [0.15, 0.2) is 5.65 Å². The Morgan fingerprint density at radius 2 is 2.10 bits per heavy atom. The second-order valence-corrected chi connectivity index (χ2v) is 6.01. The van der Waals surface area contributed by atoms with Crippen molar-refractivity contribution in [2.24, 2.45) is 0 Å². The van der Waals surface area contributed by atoms with E-state index in [4.69, 9.17) is 5.26 Å². The monoisotopic (exact) mass is 405 g/mol. The van der Waals surface area contributed by atoms with Crippen LogP contribution in [0.3, 0.4) is 0 Å². The Morgan fingerprint density at radius 1 is 1.24 bits per heavy atom. The minimum atomic E-state index is 0.613. The number of hydrogen-bond acceptors (Lipinski definition) is 4. The molecule has 0 aliphatic heterocycles. The Labute approximate surface area is 137 Å². The van der Waals surface area contributed by atoms with Crippen LogP contribution in [0.25, 0.3) is 5.65 Å². The van der Waals surface area contributed by atoms with E-state index in [1.807, 2.05) is 22.9 Å². The molecule has 3 aromatic rings. The molecule has 0 bridgehead atoms. The van der Waals surface area contributed by atoms with Gasteiger partial charge in [0, 0.05) is 16.4 Å². The maximum atomic E-state index is 8.86. The number of imidazole rings is 1. The van der Waals surface area contributed by atoms with Crippen molar-refractivity contribution in [3.8, 4) is 6.07 Å². The van der Waals surface area contributed by atoms with Crippen molar-refractivity contribution < 1.29 is 0 Å². The van der Waals surface area contributed by atoms with Crippen molar-refractivity contribution >= 4 is 43.2 Å². The zero-order chi connectivity index (χ0) is 14.8. The van der Waals surface area contributed by atoms with Crippen LogP contribution in [0.1, 0.15) is 11.3 Å². The zero-order valence-corrected chi connectivity index (χ0v) is 13.9. The summed E-state index contributed by atoms with van der Waals surface area (Å²) in [5, 5.41) is 12.2. The molecule has 0 fully saturated rings. The maximum absolute atomic E-state index is 8.86. The molecule has 21 heavy (non-hydrogen) atoms. The Balaban J connectivity index is 1.84. The lowest BCUT2D eigenvalue weighted by atomic mass is 10.2. The standard InChI is InChI=1S/C14H9Br2N5/c15-11-3-9(4-17)1-2-12(11)18-5-10-6-20-14-7-19-13(16)8-21(10)14/h1-3,6-8,18H,5H2. The van der Waals surface area contributed by atoms with E-state index in [1.54, 1.807) is 18.3 Å². The SMILES string of the molecule is N#Cc1ccc(NCc2cnc3cnc(Br)cn23)c(Br)c1. The first-order valence-electron chi connectivity index (χ1n) is 6.08. The number of aromatic nitrogens is 3. The molecule has 0 atom stereocenters. The summed E-state index contributed by atoms with van der Waals surface area (Å²) >= 11 is 6.82. The molecule has 0 radical (unpaired) electrons. The summed E-state index contributed by atoms with van der Waals surface area (Å²) in [5.41, 5.74) is 3.37. The quantitative estimate of drug-likeness (QED) is 0.719. The maximum Gasteiger partial charge on any atom is 0.155 e. The van der Waals surface area contributed by atoms with Gasteiger partial charge in [-0.3, -0.25) is 4.40 Å². The lowest BCUT2D eigenvalue weighted by Crippen LogP contribution is -2.03. The third kappa shape index (κ3) is 2.91. The van der Waals surface area contributed by atoms with Gasteiger partial charge in [-0.05, 0) is 50.1 Å². The molecule has 104 valence electrons. The number of hydrogen-bond donors (Lipinski definition) is 1. The van der Waals surface area contributed by atoms with E-state index in [0.717, 1.165) is 26.1 Å². The summed E-state index contributed by atoms with van der Waals surface area (Å²) in [7, 11) is 0. The summed E-state index contributed by atoms with van der Waals surface area (Å²) in [5.74, 6) is 0. The van der Waals surface area contributed by atoms with Crippen molar-refractivity contribution in [3.05, 3.63) is 57.1 Å². The Hall–Kier alpha value is -1.91. The molecule has 2 heterocycles. The molecule has 0 saturated heterocycles. The Kier molecular flexibility index (Phi) is 3.90. The van der Waals surface area contributed by atoms with Gasteiger partial charge in [0.1, 0.15) is 4.60 Å². The molecule has 0 amide bonds. The second kappa shape index (κ2) is 5.84. The molecule has 0 unspecified atom stereocenters. The van der Waals surface area contributed by atoms with E-state index >= 15 is 0 Å². The van der Waals surface area contributed by atoms with Gasteiger partial charge in [-0.15, -0.1) is 0 Å². The number of fused-ring (bicyclic) bond motifs is 1. The van der Waals surface area contributed by atoms with E-state index in [2.05, 4.69) is 53.2 Å². The zero-order valence-electron chi connectivity index (χ0n) is 10.7. The molecule has 0 aliphatic carbocycles. The molecular weight excluding hydrogens is 398 g/mol. The van der Waals surface area contributed by atoms with Gasteiger partial charge in [-0.1, -0.05) is 0 Å². The summed E-state index contributed by atoms with van der Waals surface area (Å²) in [6, 6.07) is 7.56. The highest BCUT2D eigenvalue weighted by Gasteiger charge is 2.06. The summed E-state index contributed by atoms with van der Waals surface area (Å²) in [6.45, 7) is 0.613. The highest BCUT2D eigenvalue weighted by atomic mass is 79.9. The van der Waals surface area contributed by atoms with Crippen molar-refractivity contribution in [1.29, 1.82) is 5.26 Å². The number of nitriles is 1. The number of rotatable bonds is 3. The van der Waals surface area contributed by atoms with Crippen molar-refractivity contribution in [2.45, 2.75) is 6.54 Å². The lowest BCUT2D eigenvalue weighted by Gasteiger charge is -2.08. The van der Waals surface area contributed by atoms with Crippen LogP contribution in [-0.2, 0) is 6.54 Å². The summed E-state index contributed by atoms with van der Waals surface area (Å²) in [6.07, 6.45) is 5.41. The predicted molar refractivity (Wildman–Crippen MR) is 86.9 cm³/mol. The number of anilines is 1. The number of halogens is 2. The van der Waals surface area contributed by atoms with Crippen LogP contribution >= 0.6 is 31.9 Å². The van der Waals surface area contributed by atoms with E-state index < -0.39 is 0 Å². The van der Waals surface area contributed by atoms with Gasteiger partial charge in [0.2, 0.25) is 0 Å². The fraction of sp³-hybridized carbons (Fsp3) is 0.0714. The second-order valence-electron chi connectivity index (χ2n) is 4.35. The molecule has 7 heteroatoms. The van der Waals surface area contributed by atoms with Crippen LogP contribution in [0.5, 0.6) is 0 Å². The predicted octanol–water partition coefficient (Wildman–Crippen LogP) is 3.74. The van der Waals surface area contributed by atoms with E-state index in [-0.39, 0.29) is 0 Å². The van der Waals surface area contributed by atoms with Crippen molar-refractivity contribution in [1.82, 2.24) is 14.4 Å². The summed E-state index contributed by atoms with van der Waals surface area (Å²) in [4.78, 5) is 8.45. The topological polar surface area (TPSA) is 66.0 Å². The first-order valence-corrected chi connectivity index (χ1v) is 7.67. The van der Waals surface area contributed by atoms with E-state index in [9.17, 15) is 0 Å². The molecular formula is C14H9Br2N5. The van der Waals surface area contributed by atoms with Crippen LogP contribution in [-0.4, -0.2) is 14.4 Å². The molecule has 0 saturated carbocycles. The smallest absolute Gasteiger partial charge is 0.155 e. The first kappa shape index (κ1) is 14.0. The van der Waals surface area contributed by atoms with Gasteiger partial charge in [-0.2, -0.15) is 5.26 Å². The minimum Gasteiger partial charge on any atom is -0.378 e. The fourth-order valence-electron chi connectivity index (χ4n) is 1.96. The molecule has 0 spiro atoms. The van der Waals surface area contributed by atoms with Gasteiger partial charge < -0.3 is 5.32 Å². The number of nitrogens with zero attached hydrogens (tertiary/aromatic N) is 4. The van der Waals surface area contributed by atoms with Gasteiger partial charge in [-0.25, -0.2) is 9.97 Å². The minimum absolute atomic E-state index is 0.613. The molecule has 0 aliphatic rings. The van der Waals surface area contributed by atoms with Crippen LogP contribution in [0.4, 0.5) is 5.69 Å². The average Bonchev–Trinajstić information content (AvgIpc) is 2.88. The highest BCUT2D eigenvalue weighted by Crippen LogP contribution is 2.24. The third-order valence-electron chi connectivity index (χ3n) is 3.00. The molecule has 1 N–H and O–H groups in total. The lowest BCUT2D eigenvalue weighted by molar-refractivity contribution is 0.982. The van der Waals surface area contributed by atoms with Crippen LogP contribution in [0.2, 0.25) is 0 Å². The molecule has 2 aromatic heterocycles. The van der Waals surface area contributed by atoms with E-state index in [0.29, 0.717) is 12.1 Å². The number of nitrogens with one attached hydrogen (secondary N) is 1. The van der Waals surface area contributed by atoms with Crippen LogP contribution < -0.4 is 5.32 Å². The normalized spacial score (nSPS) is 10.5. The van der Waals surface area contributed by atoms with Gasteiger partial charge in [0.05, 0.1) is 36.3 Å². The first-order chi connectivity index (χ1) is 10.2. The van der Waals surface area contributed by atoms with Gasteiger partial charge >= 0.3 is 0 Å². The number of benzene rings is 1. The van der Waals surface area contributed by atoms with E-state index in [1.165, 1.54) is 0 Å². The Morgan fingerprint density at radius 3 is 2.86 bits per heavy atom. The molecule has 5 nitrogen and oxygen atoms in total. The van der Waals surface area contributed by atoms with Crippen LogP contribution in [0.15, 0.2) is 45.9 Å². The van der Waals surface area contributed by atoms with Crippen LogP contribution in [0, 0.1) is 11.3 Å². The van der Waals surface area contributed by atoms with Crippen molar-refractivity contribution in [3.63, 3.8) is 0 Å². The summed E-state index contributed by atoms with van der Waals surface area (Å²) < 4.78 is 3.59. The highest BCUT2D eigenvalue weighted by molar-refractivity contribution is 9.10. The molecule has 1 aromatic carbocycles. The largest absolute Gasteiger partial charge is 0.378 e. The molecule has 3 rings (SSSR count). The average molecular weight is 407 g/mol. The van der Waals surface area contributed by atoms with Crippen molar-refractivity contribution in [2.75, 3.05) is 5.32 Å². The van der Waals surface area contributed by atoms with Gasteiger partial charge in [0.25, 0.3) is 0 Å². The fourth-order valence-corrected chi connectivity index (χ4v) is 2.79. The Bertz CT molecular complexity index is 850.